The number of hydrogen-bond donors (Lipinski definition) is 0. The fourth-order valence-corrected chi connectivity index (χ4v) is 0. The van der Waals surface area contributed by atoms with E-state index in [0.29, 0.717) is 0 Å². The highest BCUT2D eigenvalue weighted by molar-refractivity contribution is 4.78. The van der Waals surface area contributed by atoms with Crippen LogP contribution in [0.25, 0.3) is 0 Å². The Balaban J connectivity index is -0.000000101. The summed E-state index contributed by atoms with van der Waals surface area (Å²) in [5, 5.41) is 0. The summed E-state index contributed by atoms with van der Waals surface area (Å²) in [7, 11) is 0. The van der Waals surface area contributed by atoms with Crippen LogP contribution in [0, 0.1) is 11.8 Å². The van der Waals surface area contributed by atoms with Crippen molar-refractivity contribution in [2.24, 2.45) is 11.8 Å². The summed E-state index contributed by atoms with van der Waals surface area (Å²) >= 11 is 0. The summed E-state index contributed by atoms with van der Waals surface area (Å²) in [6.07, 6.45) is 0. The third-order valence-electron chi connectivity index (χ3n) is 0. The molecule has 76 valence electrons. The summed E-state index contributed by atoms with van der Waals surface area (Å²) in [4.78, 5) is 0. The molecule has 0 fully saturated rings. The summed E-state index contributed by atoms with van der Waals surface area (Å²) in [5.74, 6) is 1.67. The van der Waals surface area contributed by atoms with Gasteiger partial charge in [0.25, 0.3) is 0 Å². The van der Waals surface area contributed by atoms with Crippen LogP contribution in [0.5, 0.6) is 0 Å². The maximum atomic E-state index is 3.56. The lowest BCUT2D eigenvalue weighted by Gasteiger charge is -1.79. The normalized spacial score (nSPS) is 8.17. The second-order valence-corrected chi connectivity index (χ2v) is 4.67. The highest BCUT2D eigenvalue weighted by Gasteiger charge is 1.68. The zero-order valence-electron chi connectivity index (χ0n) is 10.4. The number of allylic oxidation sites excluding steroid dienone is 1. The van der Waals surface area contributed by atoms with Gasteiger partial charge in [0.2, 0.25) is 0 Å². The maximum absolute atomic E-state index is 3.56. The van der Waals surface area contributed by atoms with Crippen LogP contribution in [-0.2, 0) is 0 Å². The molecule has 0 heteroatoms. The lowest BCUT2D eigenvalue weighted by molar-refractivity contribution is 0.736. The Bertz CT molecular complexity index is 62.5. The van der Waals surface area contributed by atoms with Crippen molar-refractivity contribution in [3.05, 3.63) is 12.2 Å². The van der Waals surface area contributed by atoms with Crippen molar-refractivity contribution in [1.82, 2.24) is 0 Å². The first-order valence-corrected chi connectivity index (χ1v) is 4.82. The van der Waals surface area contributed by atoms with E-state index >= 15 is 0 Å². The first-order valence-electron chi connectivity index (χ1n) is 4.82. The largest absolute Gasteiger partial charge is 0.100 e. The molecule has 12 heavy (non-hydrogen) atoms. The van der Waals surface area contributed by atoms with Crippen molar-refractivity contribution >= 4 is 0 Å². The van der Waals surface area contributed by atoms with Gasteiger partial charge in [-0.15, -0.1) is 6.58 Å². The lowest BCUT2D eigenvalue weighted by atomic mass is 10.3. The van der Waals surface area contributed by atoms with E-state index in [4.69, 9.17) is 0 Å². The predicted molar refractivity (Wildman–Crippen MR) is 61.5 cm³/mol. The van der Waals surface area contributed by atoms with Gasteiger partial charge in [-0.05, 0) is 25.7 Å². The molecule has 0 aliphatic carbocycles. The van der Waals surface area contributed by atoms with E-state index in [1.54, 1.807) is 0 Å². The van der Waals surface area contributed by atoms with Gasteiger partial charge in [-0.3, -0.25) is 0 Å². The third kappa shape index (κ3) is 11000. The molecule has 0 rings (SSSR count). The van der Waals surface area contributed by atoms with Crippen LogP contribution in [0.3, 0.4) is 0 Å². The topological polar surface area (TPSA) is 0 Å². The highest BCUT2D eigenvalue weighted by atomic mass is 13.7. The van der Waals surface area contributed by atoms with E-state index in [1.165, 1.54) is 5.57 Å². The van der Waals surface area contributed by atoms with Gasteiger partial charge in [0.05, 0.1) is 0 Å². The van der Waals surface area contributed by atoms with E-state index in [9.17, 15) is 0 Å². The molecular formula is C12H28. The molecule has 0 radical (unpaired) electrons. The summed E-state index contributed by atoms with van der Waals surface area (Å²) in [6, 6.07) is 0. The summed E-state index contributed by atoms with van der Waals surface area (Å²) < 4.78 is 0. The summed E-state index contributed by atoms with van der Waals surface area (Å²) in [6.45, 7) is 20.5. The van der Waals surface area contributed by atoms with Crippen LogP contribution >= 0.6 is 0 Å². The van der Waals surface area contributed by atoms with Gasteiger partial charge in [-0.1, -0.05) is 47.1 Å². The van der Waals surface area contributed by atoms with Crippen LogP contribution in [0.4, 0.5) is 0 Å². The molecule has 0 heterocycles. The molecule has 0 aromatic rings. The highest BCUT2D eigenvalue weighted by Crippen LogP contribution is 1.81. The fourth-order valence-electron chi connectivity index (χ4n) is 0. The molecule has 0 aliphatic rings. The van der Waals surface area contributed by atoms with Gasteiger partial charge in [0.15, 0.2) is 0 Å². The smallest absolute Gasteiger partial charge is 0.0445 e. The SMILES string of the molecule is C=C(C)C.CC(C)C.CC(C)C. The molecule has 0 atom stereocenters. The van der Waals surface area contributed by atoms with Gasteiger partial charge >= 0.3 is 0 Å². The Hall–Kier alpha value is -0.260. The van der Waals surface area contributed by atoms with Gasteiger partial charge < -0.3 is 0 Å². The molecule has 0 spiro atoms. The van der Waals surface area contributed by atoms with Gasteiger partial charge in [0.1, 0.15) is 0 Å². The molecule has 0 aromatic heterocycles. The molecule has 0 N–H and O–H groups in total. The maximum Gasteiger partial charge on any atom is -0.0445 e. The Kier molecular flexibility index (Phi) is 19.7. The number of hydrogen-bond acceptors (Lipinski definition) is 0. The molecule has 0 aromatic carbocycles. The van der Waals surface area contributed by atoms with Gasteiger partial charge in [-0.25, -0.2) is 0 Å². The quantitative estimate of drug-likeness (QED) is 0.456. The molecular weight excluding hydrogens is 144 g/mol. The van der Waals surface area contributed by atoms with Crippen molar-refractivity contribution < 1.29 is 0 Å². The molecule has 0 nitrogen and oxygen atoms in total. The second-order valence-electron chi connectivity index (χ2n) is 4.67. The molecule has 0 saturated heterocycles. The van der Waals surface area contributed by atoms with E-state index in [1.807, 2.05) is 13.8 Å². The van der Waals surface area contributed by atoms with E-state index < -0.39 is 0 Å². The van der Waals surface area contributed by atoms with Crippen molar-refractivity contribution in [3.8, 4) is 0 Å². The van der Waals surface area contributed by atoms with E-state index in [0.717, 1.165) is 11.8 Å². The Morgan fingerprint density at radius 3 is 0.750 bits per heavy atom. The Labute approximate surface area is 80.1 Å². The van der Waals surface area contributed by atoms with Crippen LogP contribution < -0.4 is 0 Å². The molecule has 0 bridgehead atoms. The molecule has 0 unspecified atom stereocenters. The lowest BCUT2D eigenvalue weighted by Crippen LogP contribution is -1.66. The average molecular weight is 172 g/mol. The van der Waals surface area contributed by atoms with Crippen molar-refractivity contribution in [2.45, 2.75) is 55.4 Å². The van der Waals surface area contributed by atoms with Crippen LogP contribution in [-0.4, -0.2) is 0 Å². The molecule has 0 amide bonds. The minimum atomic E-state index is 0.833. The first kappa shape index (κ1) is 17.7. The minimum Gasteiger partial charge on any atom is -0.100 e. The average Bonchev–Trinajstić information content (AvgIpc) is 1.54. The van der Waals surface area contributed by atoms with Crippen LogP contribution in [0.15, 0.2) is 12.2 Å². The zero-order valence-corrected chi connectivity index (χ0v) is 10.4. The first-order chi connectivity index (χ1) is 5.20. The standard InChI is InChI=1S/2C4H10.C4H8/c3*1-4(2)3/h2*4H,1-3H3;1H2,2-3H3. The summed E-state index contributed by atoms with van der Waals surface area (Å²) in [5.41, 5.74) is 1.17. The van der Waals surface area contributed by atoms with Gasteiger partial charge in [-0.2, -0.15) is 0 Å². The van der Waals surface area contributed by atoms with Crippen molar-refractivity contribution in [1.29, 1.82) is 0 Å². The minimum absolute atomic E-state index is 0.833. The van der Waals surface area contributed by atoms with E-state index in [2.05, 4.69) is 48.1 Å². The van der Waals surface area contributed by atoms with Crippen molar-refractivity contribution in [3.63, 3.8) is 0 Å². The monoisotopic (exact) mass is 172 g/mol. The van der Waals surface area contributed by atoms with Gasteiger partial charge in [0, 0.05) is 0 Å². The second kappa shape index (κ2) is 13.3. The molecule has 0 aliphatic heterocycles. The third-order valence-corrected chi connectivity index (χ3v) is 0. The fraction of sp³-hybridized carbons (Fsp3) is 0.833. The zero-order chi connectivity index (χ0) is 10.7. The molecule has 0 saturated carbocycles. The van der Waals surface area contributed by atoms with Crippen LogP contribution in [0.2, 0.25) is 0 Å². The predicted octanol–water partition coefficient (Wildman–Crippen LogP) is 4.91. The Morgan fingerprint density at radius 2 is 0.750 bits per heavy atom. The Morgan fingerprint density at radius 1 is 0.750 bits per heavy atom. The van der Waals surface area contributed by atoms with Crippen molar-refractivity contribution in [2.75, 3.05) is 0 Å². The number of rotatable bonds is 0. The van der Waals surface area contributed by atoms with E-state index in [-0.39, 0.29) is 0 Å². The van der Waals surface area contributed by atoms with Crippen LogP contribution in [0.1, 0.15) is 55.4 Å².